The summed E-state index contributed by atoms with van der Waals surface area (Å²) in [5.74, 6) is 4.85. The van der Waals surface area contributed by atoms with Crippen molar-refractivity contribution in [2.75, 3.05) is 48.5 Å². The molecule has 0 fully saturated rings. The summed E-state index contributed by atoms with van der Waals surface area (Å²) in [6.07, 6.45) is 2.18. The predicted octanol–water partition coefficient (Wildman–Crippen LogP) is 7.90. The van der Waals surface area contributed by atoms with E-state index in [4.69, 9.17) is 28.4 Å². The average molecular weight is 695 g/mol. The Morgan fingerprint density at radius 3 is 2.02 bits per heavy atom. The molecule has 4 aliphatic heterocycles. The zero-order chi connectivity index (χ0) is 36.0. The van der Waals surface area contributed by atoms with Gasteiger partial charge in [-0.15, -0.1) is 0 Å². The minimum atomic E-state index is -1.02. The number of hydrogen-bond donors (Lipinski definition) is 1. The van der Waals surface area contributed by atoms with Crippen LogP contribution in [0.4, 0.5) is 0 Å². The number of rotatable bonds is 5. The van der Waals surface area contributed by atoms with E-state index in [1.807, 2.05) is 51.1 Å². The van der Waals surface area contributed by atoms with Crippen molar-refractivity contribution in [2.24, 2.45) is 5.41 Å². The lowest BCUT2D eigenvalue weighted by Crippen LogP contribution is -2.34. The summed E-state index contributed by atoms with van der Waals surface area (Å²) in [5.41, 5.74) is 6.44. The molecule has 0 saturated heterocycles. The van der Waals surface area contributed by atoms with Gasteiger partial charge >= 0.3 is 0 Å². The maximum Gasteiger partial charge on any atom is 0.204 e. The molecular weight excluding hydrogens is 644 g/mol. The highest BCUT2D eigenvalue weighted by atomic mass is 16.6. The summed E-state index contributed by atoms with van der Waals surface area (Å²) in [6, 6.07) is 20.7. The predicted molar refractivity (Wildman–Crippen MR) is 197 cm³/mol. The molecule has 0 amide bonds. The molecule has 3 atom stereocenters. The number of ether oxygens (including phenoxy) is 6. The fraction of sp³-hybridized carbons (Fsp3) is 0.429. The Morgan fingerprint density at radius 2 is 1.33 bits per heavy atom. The number of benzene rings is 4. The minimum absolute atomic E-state index is 0.0657. The summed E-state index contributed by atoms with van der Waals surface area (Å²) in [7, 11) is 9.35. The molecule has 6 bridgehead atoms. The molecule has 0 aromatic heterocycles. The molecule has 0 radical (unpaired) electrons. The maximum absolute atomic E-state index is 10.9. The highest BCUT2D eigenvalue weighted by Gasteiger charge is 2.35. The smallest absolute Gasteiger partial charge is 0.204 e. The van der Waals surface area contributed by atoms with Crippen LogP contribution >= 0.6 is 0 Å². The highest BCUT2D eigenvalue weighted by molar-refractivity contribution is 5.64. The Labute approximate surface area is 301 Å². The molecule has 1 N–H and O–H groups in total. The molecule has 4 aromatic carbocycles. The lowest BCUT2D eigenvalue weighted by atomic mass is 9.87. The third kappa shape index (κ3) is 6.82. The summed E-state index contributed by atoms with van der Waals surface area (Å²) in [6.45, 7) is 7.62. The van der Waals surface area contributed by atoms with Crippen LogP contribution in [0.2, 0.25) is 0 Å². The van der Waals surface area contributed by atoms with Crippen LogP contribution < -0.4 is 28.4 Å². The second kappa shape index (κ2) is 13.9. The van der Waals surface area contributed by atoms with Crippen molar-refractivity contribution in [3.8, 4) is 46.0 Å². The first-order valence-corrected chi connectivity index (χ1v) is 17.8. The topological polar surface area (TPSA) is 82.1 Å². The van der Waals surface area contributed by atoms with Crippen molar-refractivity contribution >= 4 is 0 Å². The van der Waals surface area contributed by atoms with Gasteiger partial charge in [-0.05, 0) is 110 Å². The quantitative estimate of drug-likeness (QED) is 0.210. The van der Waals surface area contributed by atoms with E-state index in [-0.39, 0.29) is 12.1 Å². The highest BCUT2D eigenvalue weighted by Crippen LogP contribution is 2.52. The first-order chi connectivity index (χ1) is 24.5. The second-order valence-electron chi connectivity index (χ2n) is 15.1. The molecule has 4 aliphatic rings. The molecule has 8 rings (SSSR count). The maximum atomic E-state index is 10.9. The van der Waals surface area contributed by atoms with Gasteiger partial charge in [0.2, 0.25) is 12.0 Å². The summed E-state index contributed by atoms with van der Waals surface area (Å²) < 4.78 is 37.7. The van der Waals surface area contributed by atoms with Crippen LogP contribution in [0.3, 0.4) is 0 Å². The van der Waals surface area contributed by atoms with Gasteiger partial charge in [-0.3, -0.25) is 9.80 Å². The van der Waals surface area contributed by atoms with E-state index in [9.17, 15) is 5.11 Å². The summed E-state index contributed by atoms with van der Waals surface area (Å²) in [5, 5.41) is 10.9. The van der Waals surface area contributed by atoms with Gasteiger partial charge < -0.3 is 33.5 Å². The molecule has 0 spiro atoms. The van der Waals surface area contributed by atoms with Crippen LogP contribution in [0.5, 0.6) is 46.0 Å². The average Bonchev–Trinajstić information content (AvgIpc) is 3.11. The van der Waals surface area contributed by atoms with Gasteiger partial charge in [-0.25, -0.2) is 0 Å². The van der Waals surface area contributed by atoms with E-state index in [1.54, 1.807) is 21.3 Å². The van der Waals surface area contributed by atoms with Gasteiger partial charge in [0.25, 0.3) is 0 Å². The van der Waals surface area contributed by atoms with Gasteiger partial charge in [-0.1, -0.05) is 39.0 Å². The number of aliphatic hydroxyl groups excluding tert-OH is 1. The monoisotopic (exact) mass is 694 g/mol. The Morgan fingerprint density at radius 1 is 0.706 bits per heavy atom. The number of fused-ring (bicyclic) bond motifs is 2. The summed E-state index contributed by atoms with van der Waals surface area (Å²) >= 11 is 0. The van der Waals surface area contributed by atoms with E-state index in [0.717, 1.165) is 49.0 Å². The van der Waals surface area contributed by atoms with Crippen LogP contribution in [0.1, 0.15) is 66.2 Å². The van der Waals surface area contributed by atoms with E-state index in [1.165, 1.54) is 16.7 Å². The largest absolute Gasteiger partial charge is 0.493 e. The van der Waals surface area contributed by atoms with E-state index < -0.39 is 11.7 Å². The molecular formula is C42H50N2O7. The first-order valence-electron chi connectivity index (χ1n) is 17.8. The normalized spacial score (nSPS) is 19.5. The van der Waals surface area contributed by atoms with Gasteiger partial charge in [0.15, 0.2) is 34.5 Å². The second-order valence-corrected chi connectivity index (χ2v) is 15.1. The van der Waals surface area contributed by atoms with Crippen LogP contribution in [0.25, 0.3) is 0 Å². The van der Waals surface area contributed by atoms with Crippen molar-refractivity contribution in [3.63, 3.8) is 0 Å². The van der Waals surface area contributed by atoms with Crippen molar-refractivity contribution in [3.05, 3.63) is 94.0 Å². The number of aliphatic hydroxyl groups is 1. The van der Waals surface area contributed by atoms with Crippen LogP contribution in [0, 0.1) is 5.41 Å². The van der Waals surface area contributed by atoms with Crippen molar-refractivity contribution < 1.29 is 33.5 Å². The Balaban J connectivity index is 1.44. The standard InChI is InChI=1S/C42H50N2O7/c1-42(2,3)41(45)51-33-14-11-26-20-32-38-28(16-18-44(32)5)23-37(47-7)39(48-8)40(38)50-36-24-30-27(22-34(36)46-6)15-17-43(4)31(30)19-25-9-12-29(13-10-25)49-35(33)21-26/h9-14,21-24,31-32,41,45H,15-20H2,1-8H3. The number of methoxy groups -OCH3 is 3. The molecule has 4 heterocycles. The van der Waals surface area contributed by atoms with Gasteiger partial charge in [0.1, 0.15) is 5.75 Å². The lowest BCUT2D eigenvalue weighted by molar-refractivity contribution is -0.0939. The Hall–Kier alpha value is -4.44. The Kier molecular flexibility index (Phi) is 9.56. The first kappa shape index (κ1) is 35.0. The third-order valence-electron chi connectivity index (χ3n) is 10.6. The van der Waals surface area contributed by atoms with Crippen LogP contribution in [-0.4, -0.2) is 69.7 Å². The fourth-order valence-electron chi connectivity index (χ4n) is 7.50. The zero-order valence-electron chi connectivity index (χ0n) is 31.0. The van der Waals surface area contributed by atoms with Crippen molar-refractivity contribution in [2.45, 2.75) is 64.8 Å². The van der Waals surface area contributed by atoms with Gasteiger partial charge in [0, 0.05) is 36.2 Å². The van der Waals surface area contributed by atoms with E-state index in [0.29, 0.717) is 52.4 Å². The van der Waals surface area contributed by atoms with E-state index >= 15 is 0 Å². The molecule has 51 heavy (non-hydrogen) atoms. The molecule has 0 saturated carbocycles. The number of likely N-dealkylation sites (N-methyl/N-ethyl adjacent to an activating group) is 2. The van der Waals surface area contributed by atoms with Crippen LogP contribution in [0.15, 0.2) is 60.7 Å². The molecule has 4 aromatic rings. The SMILES string of the molecule is COc1cc2c3cc1Oc1c(OC)c(OC)cc4c1C(Cc1ccc(OC(O)C(C)(C)C)c(c1)Oc1ccc(cc1)CC3N(C)CC2)N(C)CC4. The number of hydrogen-bond acceptors (Lipinski definition) is 9. The fourth-order valence-corrected chi connectivity index (χ4v) is 7.50. The molecule has 9 nitrogen and oxygen atoms in total. The van der Waals surface area contributed by atoms with Crippen molar-refractivity contribution in [1.29, 1.82) is 0 Å². The minimum Gasteiger partial charge on any atom is -0.493 e. The third-order valence-corrected chi connectivity index (χ3v) is 10.6. The Bertz CT molecular complexity index is 1900. The number of nitrogens with zero attached hydrogens (tertiary/aromatic N) is 2. The van der Waals surface area contributed by atoms with E-state index in [2.05, 4.69) is 54.2 Å². The summed E-state index contributed by atoms with van der Waals surface area (Å²) in [4.78, 5) is 4.78. The lowest BCUT2D eigenvalue weighted by Gasteiger charge is -2.37. The molecule has 0 aliphatic carbocycles. The van der Waals surface area contributed by atoms with Crippen molar-refractivity contribution in [1.82, 2.24) is 9.80 Å². The molecule has 9 heteroatoms. The van der Waals surface area contributed by atoms with Crippen LogP contribution in [-0.2, 0) is 25.7 Å². The zero-order valence-corrected chi connectivity index (χ0v) is 31.0. The molecule has 270 valence electrons. The van der Waals surface area contributed by atoms with Gasteiger partial charge in [0.05, 0.1) is 21.3 Å². The molecule has 3 unspecified atom stereocenters. The van der Waals surface area contributed by atoms with Gasteiger partial charge in [-0.2, -0.15) is 0 Å².